The summed E-state index contributed by atoms with van der Waals surface area (Å²) >= 11 is 0. The summed E-state index contributed by atoms with van der Waals surface area (Å²) in [7, 11) is 2.96. The van der Waals surface area contributed by atoms with Gasteiger partial charge in [-0.25, -0.2) is 9.59 Å². The second-order valence-corrected chi connectivity index (χ2v) is 8.54. The van der Waals surface area contributed by atoms with E-state index in [2.05, 4.69) is 17.4 Å². The molecule has 0 radical (unpaired) electrons. The van der Waals surface area contributed by atoms with E-state index in [1.165, 1.54) is 19.1 Å². The molecule has 2 aromatic carbocycles. The van der Waals surface area contributed by atoms with Crippen molar-refractivity contribution in [3.63, 3.8) is 0 Å². The largest absolute Gasteiger partial charge is 0.479 e. The highest BCUT2D eigenvalue weighted by Crippen LogP contribution is 2.44. The Morgan fingerprint density at radius 3 is 2.18 bits per heavy atom. The number of carbonyl (C=O) groups is 3. The zero-order chi connectivity index (χ0) is 23.6. The normalized spacial score (nSPS) is 16.3. The van der Waals surface area contributed by atoms with Gasteiger partial charge in [-0.1, -0.05) is 48.5 Å². The molecule has 2 amide bonds. The fourth-order valence-corrected chi connectivity index (χ4v) is 4.53. The maximum absolute atomic E-state index is 13.0. The zero-order valence-electron chi connectivity index (χ0n) is 18.7. The molecule has 1 unspecified atom stereocenters. The van der Waals surface area contributed by atoms with Crippen LogP contribution < -0.4 is 5.32 Å². The number of rotatable bonds is 9. The monoisotopic (exact) mass is 452 g/mol. The van der Waals surface area contributed by atoms with Crippen molar-refractivity contribution in [3.8, 4) is 11.1 Å². The lowest BCUT2D eigenvalue weighted by Crippen LogP contribution is -2.54. The van der Waals surface area contributed by atoms with Crippen LogP contribution in [-0.4, -0.2) is 66.9 Å². The average molecular weight is 453 g/mol. The summed E-state index contributed by atoms with van der Waals surface area (Å²) < 4.78 is 10.6. The number of alkyl carbamates (subject to hydrolysis) is 1. The molecule has 8 heteroatoms. The maximum atomic E-state index is 13.0. The Hall–Kier alpha value is -3.39. The molecule has 0 spiro atoms. The van der Waals surface area contributed by atoms with Crippen molar-refractivity contribution in [1.29, 1.82) is 0 Å². The minimum Gasteiger partial charge on any atom is -0.479 e. The first-order chi connectivity index (χ1) is 15.9. The van der Waals surface area contributed by atoms with Gasteiger partial charge in [-0.3, -0.25) is 4.79 Å². The first-order valence-electron chi connectivity index (χ1n) is 11.0. The van der Waals surface area contributed by atoms with Crippen LogP contribution in [0.1, 0.15) is 36.3 Å². The Morgan fingerprint density at radius 2 is 1.67 bits per heavy atom. The molecule has 0 aliphatic heterocycles. The molecule has 33 heavy (non-hydrogen) atoms. The van der Waals surface area contributed by atoms with Crippen LogP contribution in [0.4, 0.5) is 4.79 Å². The van der Waals surface area contributed by atoms with Gasteiger partial charge in [0.1, 0.15) is 18.2 Å². The molecule has 0 heterocycles. The molecule has 2 aliphatic carbocycles. The smallest absolute Gasteiger partial charge is 0.407 e. The SMILES string of the molecule is COCCC(NC(=O)OCC1c2ccccc2-c2ccccc21)C(=O)N(C)C1(C(=O)O)CC1. The highest BCUT2D eigenvalue weighted by atomic mass is 16.5. The number of amides is 2. The molecule has 1 atom stereocenters. The fourth-order valence-electron chi connectivity index (χ4n) is 4.53. The third-order valence-electron chi connectivity index (χ3n) is 6.64. The van der Waals surface area contributed by atoms with E-state index in [9.17, 15) is 19.5 Å². The summed E-state index contributed by atoms with van der Waals surface area (Å²) in [6, 6.07) is 15.1. The summed E-state index contributed by atoms with van der Waals surface area (Å²) in [5, 5.41) is 12.1. The highest BCUT2D eigenvalue weighted by Gasteiger charge is 2.56. The lowest BCUT2D eigenvalue weighted by molar-refractivity contribution is -0.151. The molecule has 2 aliphatic rings. The second-order valence-electron chi connectivity index (χ2n) is 8.54. The van der Waals surface area contributed by atoms with Gasteiger partial charge in [0.2, 0.25) is 5.91 Å². The van der Waals surface area contributed by atoms with E-state index in [-0.39, 0.29) is 25.6 Å². The van der Waals surface area contributed by atoms with E-state index in [0.29, 0.717) is 12.8 Å². The minimum atomic E-state index is -1.19. The summed E-state index contributed by atoms with van der Waals surface area (Å²) in [6.07, 6.45) is 0.276. The van der Waals surface area contributed by atoms with Crippen molar-refractivity contribution >= 4 is 18.0 Å². The van der Waals surface area contributed by atoms with Gasteiger partial charge in [0.15, 0.2) is 0 Å². The number of aliphatic carboxylic acids is 1. The van der Waals surface area contributed by atoms with Crippen molar-refractivity contribution < 1.29 is 29.0 Å². The van der Waals surface area contributed by atoms with Crippen molar-refractivity contribution in [1.82, 2.24) is 10.2 Å². The number of methoxy groups -OCH3 is 1. The predicted molar refractivity (Wildman–Crippen MR) is 121 cm³/mol. The van der Waals surface area contributed by atoms with Crippen LogP contribution >= 0.6 is 0 Å². The number of hydrogen-bond donors (Lipinski definition) is 2. The van der Waals surface area contributed by atoms with E-state index in [1.54, 1.807) is 0 Å². The van der Waals surface area contributed by atoms with E-state index in [1.807, 2.05) is 36.4 Å². The van der Waals surface area contributed by atoms with Crippen LogP contribution in [0.5, 0.6) is 0 Å². The standard InChI is InChI=1S/C25H28N2O6/c1-27(25(12-13-25)23(29)30)22(28)21(11-14-32-2)26-24(31)33-15-20-18-9-5-3-7-16(18)17-8-4-6-10-19(17)20/h3-10,20-21H,11-15H2,1-2H3,(H,26,31)(H,29,30). The Morgan fingerprint density at radius 1 is 1.09 bits per heavy atom. The molecular formula is C25H28N2O6. The van der Waals surface area contributed by atoms with Crippen molar-refractivity contribution in [2.75, 3.05) is 27.4 Å². The first kappa shape index (κ1) is 22.8. The van der Waals surface area contributed by atoms with Gasteiger partial charge in [0.05, 0.1) is 0 Å². The van der Waals surface area contributed by atoms with E-state index in [0.717, 1.165) is 22.3 Å². The topological polar surface area (TPSA) is 105 Å². The maximum Gasteiger partial charge on any atom is 0.407 e. The molecule has 2 N–H and O–H groups in total. The molecule has 174 valence electrons. The van der Waals surface area contributed by atoms with Gasteiger partial charge < -0.3 is 24.8 Å². The molecule has 1 fully saturated rings. The predicted octanol–water partition coefficient (Wildman–Crippen LogP) is 3.01. The quantitative estimate of drug-likeness (QED) is 0.606. The Kier molecular flexibility index (Phi) is 6.37. The minimum absolute atomic E-state index is 0.0966. The van der Waals surface area contributed by atoms with Crippen LogP contribution in [-0.2, 0) is 19.1 Å². The summed E-state index contributed by atoms with van der Waals surface area (Å²) in [5.41, 5.74) is 3.25. The van der Waals surface area contributed by atoms with Crippen LogP contribution in [0.15, 0.2) is 48.5 Å². The Balaban J connectivity index is 1.43. The molecule has 0 aromatic heterocycles. The van der Waals surface area contributed by atoms with Crippen LogP contribution in [0.3, 0.4) is 0 Å². The number of nitrogens with zero attached hydrogens (tertiary/aromatic N) is 1. The molecule has 0 bridgehead atoms. The number of nitrogens with one attached hydrogen (secondary N) is 1. The summed E-state index contributed by atoms with van der Waals surface area (Å²) in [5.74, 6) is -1.61. The Labute approximate surface area is 192 Å². The number of ether oxygens (including phenoxy) is 2. The lowest BCUT2D eigenvalue weighted by Gasteiger charge is -2.29. The number of carboxylic acids is 1. The van der Waals surface area contributed by atoms with Gasteiger partial charge >= 0.3 is 12.1 Å². The number of hydrogen-bond acceptors (Lipinski definition) is 5. The van der Waals surface area contributed by atoms with Crippen molar-refractivity contribution in [2.24, 2.45) is 0 Å². The number of likely N-dealkylation sites (N-methyl/N-ethyl adjacent to an activating group) is 1. The zero-order valence-corrected chi connectivity index (χ0v) is 18.7. The Bertz CT molecular complexity index is 1020. The molecule has 8 nitrogen and oxygen atoms in total. The summed E-state index contributed by atoms with van der Waals surface area (Å²) in [6.45, 7) is 0.355. The van der Waals surface area contributed by atoms with Gasteiger partial charge in [0.25, 0.3) is 0 Å². The van der Waals surface area contributed by atoms with Gasteiger partial charge in [-0.05, 0) is 35.1 Å². The van der Waals surface area contributed by atoms with Crippen LogP contribution in [0.2, 0.25) is 0 Å². The number of fused-ring (bicyclic) bond motifs is 3. The third kappa shape index (κ3) is 4.30. The van der Waals surface area contributed by atoms with E-state index in [4.69, 9.17) is 9.47 Å². The van der Waals surface area contributed by atoms with Gasteiger partial charge in [-0.15, -0.1) is 0 Å². The molecule has 2 aromatic rings. The number of carboxylic acid groups (broad SMARTS) is 1. The van der Waals surface area contributed by atoms with Crippen molar-refractivity contribution in [2.45, 2.75) is 36.8 Å². The molecule has 0 saturated heterocycles. The van der Waals surface area contributed by atoms with Crippen LogP contribution in [0.25, 0.3) is 11.1 Å². The number of benzene rings is 2. The summed E-state index contributed by atoms with van der Waals surface area (Å²) in [4.78, 5) is 38.5. The number of carbonyl (C=O) groups excluding carboxylic acids is 2. The molecule has 1 saturated carbocycles. The second kappa shape index (κ2) is 9.23. The molecule has 4 rings (SSSR count). The van der Waals surface area contributed by atoms with Gasteiger partial charge in [-0.2, -0.15) is 0 Å². The van der Waals surface area contributed by atoms with Crippen LogP contribution in [0, 0.1) is 0 Å². The first-order valence-corrected chi connectivity index (χ1v) is 11.0. The lowest BCUT2D eigenvalue weighted by atomic mass is 9.98. The average Bonchev–Trinajstić information content (AvgIpc) is 3.58. The molecular weight excluding hydrogens is 424 g/mol. The van der Waals surface area contributed by atoms with Gasteiger partial charge in [0, 0.05) is 33.1 Å². The highest BCUT2D eigenvalue weighted by molar-refractivity contribution is 5.93. The third-order valence-corrected chi connectivity index (χ3v) is 6.64. The van der Waals surface area contributed by atoms with Crippen molar-refractivity contribution in [3.05, 3.63) is 59.7 Å². The van der Waals surface area contributed by atoms with E-state index < -0.39 is 29.6 Å². The van der Waals surface area contributed by atoms with E-state index >= 15 is 0 Å². The fraction of sp³-hybridized carbons (Fsp3) is 0.400.